The van der Waals surface area contributed by atoms with Crippen LogP contribution in [0.3, 0.4) is 0 Å². The molecule has 142 valence electrons. The number of methoxy groups -OCH3 is 1. The van der Waals surface area contributed by atoms with Crippen LogP contribution in [0.25, 0.3) is 15.9 Å². The fourth-order valence-electron chi connectivity index (χ4n) is 3.54. The van der Waals surface area contributed by atoms with Gasteiger partial charge in [-0.15, -0.1) is 11.3 Å². The zero-order valence-electron chi connectivity index (χ0n) is 15.2. The number of para-hydroxylation sites is 2. The second-order valence-electron chi connectivity index (χ2n) is 6.52. The Morgan fingerprint density at radius 2 is 2.11 bits per heavy atom. The van der Waals surface area contributed by atoms with Crippen LogP contribution in [0.5, 0.6) is 5.75 Å². The SMILES string of the molecule is COc1ccccc1-n1c(SCCCO)nc2sc3c(c2c1=O)CCCC3. The van der Waals surface area contributed by atoms with Gasteiger partial charge in [-0.25, -0.2) is 4.98 Å². The molecule has 0 radical (unpaired) electrons. The molecule has 2 aromatic heterocycles. The third kappa shape index (κ3) is 3.39. The zero-order chi connectivity index (χ0) is 18.8. The second-order valence-corrected chi connectivity index (χ2v) is 8.67. The standard InChI is InChI=1S/C20H22N2O3S2/c1-25-15-9-4-3-8-14(15)22-19(24)17-13-7-2-5-10-16(13)27-18(17)21-20(22)26-12-6-11-23/h3-4,8-9,23H,2,5-7,10-12H2,1H3. The molecule has 0 aliphatic heterocycles. The van der Waals surface area contributed by atoms with Gasteiger partial charge in [0.2, 0.25) is 0 Å². The Morgan fingerprint density at radius 1 is 1.30 bits per heavy atom. The zero-order valence-corrected chi connectivity index (χ0v) is 16.9. The van der Waals surface area contributed by atoms with Crippen LogP contribution in [0.15, 0.2) is 34.2 Å². The minimum Gasteiger partial charge on any atom is -0.495 e. The molecule has 1 aromatic carbocycles. The molecule has 1 N–H and O–H groups in total. The van der Waals surface area contributed by atoms with Crippen molar-refractivity contribution in [3.8, 4) is 11.4 Å². The van der Waals surface area contributed by atoms with Gasteiger partial charge in [0, 0.05) is 17.2 Å². The fourth-order valence-corrected chi connectivity index (χ4v) is 5.77. The first-order chi connectivity index (χ1) is 13.2. The Kier molecular flexibility index (Phi) is 5.52. The minimum absolute atomic E-state index is 0.0181. The minimum atomic E-state index is -0.0181. The normalized spacial score (nSPS) is 13.7. The lowest BCUT2D eigenvalue weighted by atomic mass is 9.97. The molecule has 0 saturated heterocycles. The van der Waals surface area contributed by atoms with E-state index in [1.165, 1.54) is 28.6 Å². The van der Waals surface area contributed by atoms with Gasteiger partial charge in [-0.05, 0) is 49.8 Å². The molecule has 0 spiro atoms. The van der Waals surface area contributed by atoms with E-state index < -0.39 is 0 Å². The van der Waals surface area contributed by atoms with Gasteiger partial charge in [-0.1, -0.05) is 23.9 Å². The van der Waals surface area contributed by atoms with Crippen LogP contribution < -0.4 is 10.3 Å². The number of aryl methyl sites for hydroxylation is 2. The number of fused-ring (bicyclic) bond motifs is 3. The summed E-state index contributed by atoms with van der Waals surface area (Å²) in [6.07, 6.45) is 4.95. The van der Waals surface area contributed by atoms with Crippen molar-refractivity contribution in [2.24, 2.45) is 0 Å². The largest absolute Gasteiger partial charge is 0.495 e. The van der Waals surface area contributed by atoms with Crippen molar-refractivity contribution < 1.29 is 9.84 Å². The molecule has 0 bridgehead atoms. The summed E-state index contributed by atoms with van der Waals surface area (Å²) in [6, 6.07) is 7.55. The maximum absolute atomic E-state index is 13.6. The molecule has 0 saturated carbocycles. The molecule has 1 aliphatic carbocycles. The number of hydrogen-bond donors (Lipinski definition) is 1. The van der Waals surface area contributed by atoms with Crippen molar-refractivity contribution in [2.75, 3.05) is 19.5 Å². The Balaban J connectivity index is 1.97. The van der Waals surface area contributed by atoms with Crippen LogP contribution in [0, 0.1) is 0 Å². The number of thiophene rings is 1. The van der Waals surface area contributed by atoms with Crippen LogP contribution in [0.2, 0.25) is 0 Å². The van der Waals surface area contributed by atoms with Crippen LogP contribution in [0.4, 0.5) is 0 Å². The van der Waals surface area contributed by atoms with Crippen LogP contribution in [0.1, 0.15) is 29.7 Å². The molecule has 1 aliphatic rings. The third-order valence-corrected chi connectivity index (χ3v) is 7.03. The Morgan fingerprint density at radius 3 is 2.93 bits per heavy atom. The van der Waals surface area contributed by atoms with E-state index in [9.17, 15) is 4.79 Å². The number of ether oxygens (including phenoxy) is 1. The monoisotopic (exact) mass is 402 g/mol. The predicted octanol–water partition coefficient (Wildman–Crippen LogP) is 3.81. The lowest BCUT2D eigenvalue weighted by Crippen LogP contribution is -2.23. The Labute approximate surface area is 166 Å². The lowest BCUT2D eigenvalue weighted by Gasteiger charge is -2.15. The average molecular weight is 403 g/mol. The average Bonchev–Trinajstić information content (AvgIpc) is 3.07. The highest BCUT2D eigenvalue weighted by atomic mass is 32.2. The van der Waals surface area contributed by atoms with Crippen molar-refractivity contribution in [1.82, 2.24) is 9.55 Å². The van der Waals surface area contributed by atoms with Gasteiger partial charge in [-0.3, -0.25) is 9.36 Å². The maximum Gasteiger partial charge on any atom is 0.267 e. The van der Waals surface area contributed by atoms with E-state index in [0.29, 0.717) is 28.8 Å². The van der Waals surface area contributed by atoms with Gasteiger partial charge < -0.3 is 9.84 Å². The van der Waals surface area contributed by atoms with Crippen LogP contribution in [-0.4, -0.2) is 34.1 Å². The van der Waals surface area contributed by atoms with E-state index >= 15 is 0 Å². The summed E-state index contributed by atoms with van der Waals surface area (Å²) in [4.78, 5) is 20.6. The van der Waals surface area contributed by atoms with Crippen molar-refractivity contribution in [2.45, 2.75) is 37.3 Å². The number of nitrogens with zero attached hydrogens (tertiary/aromatic N) is 2. The lowest BCUT2D eigenvalue weighted by molar-refractivity contribution is 0.296. The summed E-state index contributed by atoms with van der Waals surface area (Å²) in [5.74, 6) is 1.35. The number of aliphatic hydroxyl groups is 1. The molecule has 7 heteroatoms. The van der Waals surface area contributed by atoms with Gasteiger partial charge >= 0.3 is 0 Å². The Hall–Kier alpha value is -1.83. The van der Waals surface area contributed by atoms with Crippen molar-refractivity contribution in [3.63, 3.8) is 0 Å². The van der Waals surface area contributed by atoms with E-state index in [4.69, 9.17) is 14.8 Å². The first kappa shape index (κ1) is 18.5. The molecule has 27 heavy (non-hydrogen) atoms. The van der Waals surface area contributed by atoms with E-state index in [2.05, 4.69) is 0 Å². The summed E-state index contributed by atoms with van der Waals surface area (Å²) < 4.78 is 7.19. The number of hydrogen-bond acceptors (Lipinski definition) is 6. The number of benzene rings is 1. The molecule has 0 unspecified atom stereocenters. The summed E-state index contributed by atoms with van der Waals surface area (Å²) in [5, 5.41) is 10.6. The molecule has 0 atom stereocenters. The molecule has 0 fully saturated rings. The number of aliphatic hydroxyl groups excluding tert-OH is 1. The van der Waals surface area contributed by atoms with Gasteiger partial charge in [0.15, 0.2) is 5.16 Å². The molecule has 2 heterocycles. The van der Waals surface area contributed by atoms with Crippen molar-refractivity contribution in [1.29, 1.82) is 0 Å². The highest BCUT2D eigenvalue weighted by molar-refractivity contribution is 7.99. The van der Waals surface area contributed by atoms with Gasteiger partial charge in [0.1, 0.15) is 10.6 Å². The third-order valence-electron chi connectivity index (χ3n) is 4.82. The van der Waals surface area contributed by atoms with E-state index in [-0.39, 0.29) is 12.2 Å². The topological polar surface area (TPSA) is 64.3 Å². The molecular formula is C20H22N2O3S2. The van der Waals surface area contributed by atoms with Crippen LogP contribution in [-0.2, 0) is 12.8 Å². The summed E-state index contributed by atoms with van der Waals surface area (Å²) in [5.41, 5.74) is 1.88. The summed E-state index contributed by atoms with van der Waals surface area (Å²) >= 11 is 3.17. The smallest absolute Gasteiger partial charge is 0.267 e. The summed E-state index contributed by atoms with van der Waals surface area (Å²) in [6.45, 7) is 0.126. The highest BCUT2D eigenvalue weighted by Crippen LogP contribution is 2.36. The van der Waals surface area contributed by atoms with Crippen LogP contribution >= 0.6 is 23.1 Å². The van der Waals surface area contributed by atoms with E-state index in [0.717, 1.165) is 29.5 Å². The van der Waals surface area contributed by atoms with Crippen molar-refractivity contribution >= 4 is 33.3 Å². The van der Waals surface area contributed by atoms with Gasteiger partial charge in [0.05, 0.1) is 18.2 Å². The number of aromatic nitrogens is 2. The van der Waals surface area contributed by atoms with Crippen molar-refractivity contribution in [3.05, 3.63) is 45.1 Å². The molecule has 0 amide bonds. The molecule has 4 rings (SSSR count). The highest BCUT2D eigenvalue weighted by Gasteiger charge is 2.23. The summed E-state index contributed by atoms with van der Waals surface area (Å²) in [7, 11) is 1.61. The number of thioether (sulfide) groups is 1. The van der Waals surface area contributed by atoms with E-state index in [1.807, 2.05) is 24.3 Å². The Bertz CT molecular complexity index is 1030. The molecule has 3 aromatic rings. The number of rotatable bonds is 6. The first-order valence-electron chi connectivity index (χ1n) is 9.19. The maximum atomic E-state index is 13.6. The van der Waals surface area contributed by atoms with E-state index in [1.54, 1.807) is 23.0 Å². The second kappa shape index (κ2) is 8.04. The fraction of sp³-hybridized carbons (Fsp3) is 0.400. The quantitative estimate of drug-likeness (QED) is 0.386. The first-order valence-corrected chi connectivity index (χ1v) is 11.0. The van der Waals surface area contributed by atoms with Gasteiger partial charge in [0.25, 0.3) is 5.56 Å². The molecular weight excluding hydrogens is 380 g/mol. The van der Waals surface area contributed by atoms with Gasteiger partial charge in [-0.2, -0.15) is 0 Å². The molecule has 5 nitrogen and oxygen atoms in total. The predicted molar refractivity (Wildman–Crippen MR) is 111 cm³/mol.